The van der Waals surface area contributed by atoms with Gasteiger partial charge in [0, 0.05) is 10.9 Å². The lowest BCUT2D eigenvalue weighted by atomic mass is 10.0. The largest absolute Gasteiger partial charge is 0.496 e. The summed E-state index contributed by atoms with van der Waals surface area (Å²) < 4.78 is 5.15. The van der Waals surface area contributed by atoms with Gasteiger partial charge in [0.2, 0.25) is 0 Å². The van der Waals surface area contributed by atoms with Gasteiger partial charge >= 0.3 is 5.97 Å². The summed E-state index contributed by atoms with van der Waals surface area (Å²) in [5.74, 6) is -0.211. The van der Waals surface area contributed by atoms with E-state index in [2.05, 4.69) is 15.9 Å². The van der Waals surface area contributed by atoms with Gasteiger partial charge in [-0.3, -0.25) is 4.79 Å². The van der Waals surface area contributed by atoms with E-state index < -0.39 is 5.97 Å². The number of hydrogen-bond donors (Lipinski definition) is 1. The molecule has 0 fully saturated rings. The van der Waals surface area contributed by atoms with Crippen LogP contribution in [0.3, 0.4) is 0 Å². The maximum Gasteiger partial charge on any atom is 0.307 e. The Balaban J connectivity index is 3.16. The predicted octanol–water partition coefficient (Wildman–Crippen LogP) is 2.53. The number of carboxylic acid groups (broad SMARTS) is 1. The van der Waals surface area contributed by atoms with Crippen molar-refractivity contribution in [1.82, 2.24) is 0 Å². The van der Waals surface area contributed by atoms with Gasteiger partial charge < -0.3 is 9.84 Å². The van der Waals surface area contributed by atoms with Gasteiger partial charge in [-0.2, -0.15) is 0 Å². The molecule has 4 heteroatoms. The van der Waals surface area contributed by atoms with Gasteiger partial charge in [0.1, 0.15) is 5.75 Å². The summed E-state index contributed by atoms with van der Waals surface area (Å²) in [4.78, 5) is 10.7. The summed E-state index contributed by atoms with van der Waals surface area (Å²) in [7, 11) is 1.55. The molecule has 0 atom stereocenters. The zero-order valence-electron chi connectivity index (χ0n) is 8.71. The summed E-state index contributed by atoms with van der Waals surface area (Å²) in [5.41, 5.74) is 2.90. The van der Waals surface area contributed by atoms with Crippen molar-refractivity contribution < 1.29 is 14.6 Å². The highest BCUT2D eigenvalue weighted by Gasteiger charge is 2.10. The molecule has 0 radical (unpaired) electrons. The van der Waals surface area contributed by atoms with Crippen molar-refractivity contribution in [2.75, 3.05) is 7.11 Å². The summed E-state index contributed by atoms with van der Waals surface area (Å²) >= 11 is 3.37. The van der Waals surface area contributed by atoms with E-state index in [0.717, 1.165) is 16.5 Å². The Hall–Kier alpha value is -1.03. The molecule has 1 rings (SSSR count). The average molecular weight is 273 g/mol. The topological polar surface area (TPSA) is 46.5 Å². The molecular formula is C11H13BrO3. The van der Waals surface area contributed by atoms with E-state index >= 15 is 0 Å². The molecular weight excluding hydrogens is 260 g/mol. The van der Waals surface area contributed by atoms with Crippen LogP contribution in [0.25, 0.3) is 0 Å². The molecule has 0 bridgehead atoms. The molecule has 0 aliphatic carbocycles. The number of carbonyl (C=O) groups is 1. The van der Waals surface area contributed by atoms with Crippen LogP contribution < -0.4 is 4.74 Å². The Kier molecular flexibility index (Phi) is 4.15. The molecule has 0 aliphatic heterocycles. The molecule has 0 heterocycles. The minimum absolute atomic E-state index is 0.0105. The van der Waals surface area contributed by atoms with Crippen molar-refractivity contribution in [2.24, 2.45) is 0 Å². The maximum atomic E-state index is 10.7. The van der Waals surface area contributed by atoms with Gasteiger partial charge in [0.15, 0.2) is 0 Å². The van der Waals surface area contributed by atoms with E-state index in [0.29, 0.717) is 11.3 Å². The Morgan fingerprint density at radius 3 is 2.60 bits per heavy atom. The fourth-order valence-corrected chi connectivity index (χ4v) is 2.02. The van der Waals surface area contributed by atoms with Crippen molar-refractivity contribution in [3.63, 3.8) is 0 Å². The van der Waals surface area contributed by atoms with Gasteiger partial charge in [-0.25, -0.2) is 0 Å². The van der Waals surface area contributed by atoms with Crippen LogP contribution in [0, 0.1) is 6.92 Å². The van der Waals surface area contributed by atoms with Crippen LogP contribution in [0.4, 0.5) is 0 Å². The summed E-state index contributed by atoms with van der Waals surface area (Å²) in [6, 6.07) is 3.74. The quantitative estimate of drug-likeness (QED) is 0.857. The number of aliphatic carboxylic acids is 1. The molecule has 3 nitrogen and oxygen atoms in total. The van der Waals surface area contributed by atoms with Crippen LogP contribution in [0.15, 0.2) is 12.1 Å². The zero-order chi connectivity index (χ0) is 11.4. The molecule has 0 saturated carbocycles. The molecule has 0 aromatic heterocycles. The normalized spacial score (nSPS) is 10.1. The van der Waals surface area contributed by atoms with Crippen molar-refractivity contribution in [1.29, 1.82) is 0 Å². The number of halogens is 1. The highest BCUT2D eigenvalue weighted by molar-refractivity contribution is 9.08. The van der Waals surface area contributed by atoms with Gasteiger partial charge in [0.05, 0.1) is 13.5 Å². The molecule has 1 aromatic carbocycles. The lowest BCUT2D eigenvalue weighted by Gasteiger charge is -2.11. The van der Waals surface area contributed by atoms with E-state index in [1.54, 1.807) is 7.11 Å². The van der Waals surface area contributed by atoms with Gasteiger partial charge in [0.25, 0.3) is 0 Å². The van der Waals surface area contributed by atoms with Crippen molar-refractivity contribution >= 4 is 21.9 Å². The first-order valence-electron chi connectivity index (χ1n) is 4.52. The zero-order valence-corrected chi connectivity index (χ0v) is 10.3. The molecule has 0 spiro atoms. The Morgan fingerprint density at radius 1 is 1.47 bits per heavy atom. The third-order valence-electron chi connectivity index (χ3n) is 2.22. The third kappa shape index (κ3) is 2.96. The van der Waals surface area contributed by atoms with Crippen LogP contribution in [-0.2, 0) is 16.5 Å². The van der Waals surface area contributed by atoms with Crippen molar-refractivity contribution in [3.05, 3.63) is 28.8 Å². The Bertz CT molecular complexity index is 374. The molecule has 0 unspecified atom stereocenters. The fraction of sp³-hybridized carbons (Fsp3) is 0.364. The van der Waals surface area contributed by atoms with Crippen LogP contribution in [0.1, 0.15) is 16.7 Å². The number of aryl methyl sites for hydroxylation is 1. The van der Waals surface area contributed by atoms with E-state index in [9.17, 15) is 4.79 Å². The second-order valence-electron chi connectivity index (χ2n) is 3.29. The lowest BCUT2D eigenvalue weighted by molar-refractivity contribution is -0.136. The van der Waals surface area contributed by atoms with Crippen molar-refractivity contribution in [2.45, 2.75) is 18.7 Å². The third-order valence-corrected chi connectivity index (χ3v) is 2.83. The lowest BCUT2D eigenvalue weighted by Crippen LogP contribution is -2.03. The van der Waals surface area contributed by atoms with Gasteiger partial charge in [-0.05, 0) is 24.1 Å². The minimum atomic E-state index is -0.849. The number of ether oxygens (including phenoxy) is 1. The predicted molar refractivity (Wildman–Crippen MR) is 61.7 cm³/mol. The summed E-state index contributed by atoms with van der Waals surface area (Å²) in [5, 5.41) is 9.47. The Labute approximate surface area is 97.2 Å². The summed E-state index contributed by atoms with van der Waals surface area (Å²) in [6.07, 6.45) is -0.0105. The summed E-state index contributed by atoms with van der Waals surface area (Å²) in [6.45, 7) is 1.98. The SMILES string of the molecule is COc1cc(C)c(CBr)cc1CC(=O)O. The first-order chi connectivity index (χ1) is 7.08. The number of methoxy groups -OCH3 is 1. The first-order valence-corrected chi connectivity index (χ1v) is 5.64. The molecule has 0 amide bonds. The van der Waals surface area contributed by atoms with E-state index in [4.69, 9.17) is 9.84 Å². The molecule has 1 N–H and O–H groups in total. The molecule has 0 saturated heterocycles. The molecule has 1 aromatic rings. The smallest absolute Gasteiger partial charge is 0.307 e. The van der Waals surface area contributed by atoms with Crippen LogP contribution >= 0.6 is 15.9 Å². The van der Waals surface area contributed by atoms with Crippen LogP contribution in [0.5, 0.6) is 5.75 Å². The number of benzene rings is 1. The fourth-order valence-electron chi connectivity index (χ4n) is 1.41. The molecule has 82 valence electrons. The Morgan fingerprint density at radius 2 is 2.13 bits per heavy atom. The molecule has 0 aliphatic rings. The number of hydrogen-bond acceptors (Lipinski definition) is 2. The molecule has 15 heavy (non-hydrogen) atoms. The first kappa shape index (κ1) is 12.0. The average Bonchev–Trinajstić information content (AvgIpc) is 2.19. The van der Waals surface area contributed by atoms with Crippen LogP contribution in [-0.4, -0.2) is 18.2 Å². The number of alkyl halides is 1. The highest BCUT2D eigenvalue weighted by atomic mass is 79.9. The minimum Gasteiger partial charge on any atom is -0.496 e. The van der Waals surface area contributed by atoms with Crippen molar-refractivity contribution in [3.8, 4) is 5.75 Å². The second-order valence-corrected chi connectivity index (χ2v) is 3.86. The van der Waals surface area contributed by atoms with E-state index in [1.165, 1.54) is 0 Å². The van der Waals surface area contributed by atoms with Gasteiger partial charge in [-0.1, -0.05) is 22.0 Å². The number of rotatable bonds is 4. The number of carboxylic acids is 1. The van der Waals surface area contributed by atoms with E-state index in [-0.39, 0.29) is 6.42 Å². The monoisotopic (exact) mass is 272 g/mol. The van der Waals surface area contributed by atoms with E-state index in [1.807, 2.05) is 19.1 Å². The maximum absolute atomic E-state index is 10.7. The standard InChI is InChI=1S/C11H13BrO3/c1-7-3-10(15-2)8(5-11(13)14)4-9(7)6-12/h3-4H,5-6H2,1-2H3,(H,13,14). The van der Waals surface area contributed by atoms with Crippen LogP contribution in [0.2, 0.25) is 0 Å². The highest BCUT2D eigenvalue weighted by Crippen LogP contribution is 2.25. The van der Waals surface area contributed by atoms with Gasteiger partial charge in [-0.15, -0.1) is 0 Å². The second kappa shape index (κ2) is 5.16.